The maximum Gasteiger partial charge on any atom is 0.259 e. The van der Waals surface area contributed by atoms with Crippen LogP contribution in [-0.2, 0) is 9.59 Å². The summed E-state index contributed by atoms with van der Waals surface area (Å²) >= 11 is 0. The number of benzene rings is 2. The zero-order valence-electron chi connectivity index (χ0n) is 14.0. The van der Waals surface area contributed by atoms with E-state index in [1.807, 2.05) is 0 Å². The number of hydrazone groups is 1. The molecule has 8 nitrogen and oxygen atoms in total. The average molecular weight is 372 g/mol. The number of amides is 2. The number of carboxylic acid groups (broad SMARTS) is 1. The van der Waals surface area contributed by atoms with E-state index in [0.717, 1.165) is 12.1 Å². The fourth-order valence-corrected chi connectivity index (χ4v) is 1.93. The second kappa shape index (κ2) is 9.66. The van der Waals surface area contributed by atoms with Crippen LogP contribution in [0.15, 0.2) is 53.6 Å². The number of halogens is 1. The first-order valence-corrected chi connectivity index (χ1v) is 7.73. The minimum Gasteiger partial charge on any atom is -0.546 e. The number of carboxylic acids is 1. The quantitative estimate of drug-likeness (QED) is 0.493. The molecule has 2 amide bonds. The van der Waals surface area contributed by atoms with E-state index in [-0.39, 0.29) is 17.9 Å². The molecule has 0 atom stereocenters. The van der Waals surface area contributed by atoms with E-state index in [9.17, 15) is 23.9 Å². The first kappa shape index (κ1) is 19.6. The van der Waals surface area contributed by atoms with Crippen LogP contribution in [0.5, 0.6) is 5.75 Å². The third-order valence-electron chi connectivity index (χ3n) is 3.17. The van der Waals surface area contributed by atoms with Gasteiger partial charge in [-0.2, -0.15) is 5.10 Å². The van der Waals surface area contributed by atoms with Gasteiger partial charge in [0.15, 0.2) is 0 Å². The zero-order chi connectivity index (χ0) is 19.6. The standard InChI is InChI=1S/C18H16FN3O5/c19-14-7-5-12(6-8-14)18(26)20-10-16(23)22-21-9-13-3-1-2-4-15(13)27-11-17(24)25/h1-9H,10-11H2,(H,20,26)(H,22,23)(H,24,25)/p-1/b21-9-. The Kier molecular flexibility index (Phi) is 7.00. The number of rotatable bonds is 8. The van der Waals surface area contributed by atoms with Crippen LogP contribution in [0.3, 0.4) is 0 Å². The molecule has 2 rings (SSSR count). The van der Waals surface area contributed by atoms with E-state index in [4.69, 9.17) is 4.74 Å². The van der Waals surface area contributed by atoms with Gasteiger partial charge in [0.25, 0.3) is 11.8 Å². The maximum atomic E-state index is 12.8. The van der Waals surface area contributed by atoms with Crippen molar-refractivity contribution in [2.75, 3.05) is 13.2 Å². The number of aliphatic carboxylic acids is 1. The lowest BCUT2D eigenvalue weighted by atomic mass is 10.2. The van der Waals surface area contributed by atoms with Crippen molar-refractivity contribution in [1.29, 1.82) is 0 Å². The summed E-state index contributed by atoms with van der Waals surface area (Å²) in [7, 11) is 0. The molecule has 140 valence electrons. The van der Waals surface area contributed by atoms with Crippen LogP contribution in [0.4, 0.5) is 4.39 Å². The second-order valence-electron chi connectivity index (χ2n) is 5.18. The lowest BCUT2D eigenvalue weighted by molar-refractivity contribution is -0.307. The van der Waals surface area contributed by atoms with Gasteiger partial charge in [-0.05, 0) is 36.4 Å². The highest BCUT2D eigenvalue weighted by Crippen LogP contribution is 2.15. The van der Waals surface area contributed by atoms with E-state index >= 15 is 0 Å². The predicted molar refractivity (Wildman–Crippen MR) is 91.4 cm³/mol. The minimum atomic E-state index is -1.37. The highest BCUT2D eigenvalue weighted by Gasteiger charge is 2.07. The highest BCUT2D eigenvalue weighted by molar-refractivity contribution is 5.96. The number of nitrogens with one attached hydrogen (secondary N) is 2. The second-order valence-corrected chi connectivity index (χ2v) is 5.18. The molecule has 0 heterocycles. The Labute approximate surface area is 153 Å². The van der Waals surface area contributed by atoms with E-state index in [0.29, 0.717) is 5.56 Å². The van der Waals surface area contributed by atoms with Gasteiger partial charge >= 0.3 is 0 Å². The van der Waals surface area contributed by atoms with Gasteiger partial charge in [-0.25, -0.2) is 9.82 Å². The molecule has 0 aromatic heterocycles. The summed E-state index contributed by atoms with van der Waals surface area (Å²) in [5.74, 6) is -2.70. The smallest absolute Gasteiger partial charge is 0.259 e. The van der Waals surface area contributed by atoms with E-state index in [1.54, 1.807) is 18.2 Å². The van der Waals surface area contributed by atoms with Crippen LogP contribution in [0.25, 0.3) is 0 Å². The van der Waals surface area contributed by atoms with Crippen LogP contribution < -0.4 is 20.6 Å². The summed E-state index contributed by atoms with van der Waals surface area (Å²) in [5, 5.41) is 16.5. The van der Waals surface area contributed by atoms with Crippen molar-refractivity contribution in [2.24, 2.45) is 5.10 Å². The van der Waals surface area contributed by atoms with E-state index < -0.39 is 30.2 Å². The topological polar surface area (TPSA) is 120 Å². The predicted octanol–water partition coefficient (Wildman–Crippen LogP) is -0.166. The number of hydrogen-bond donors (Lipinski definition) is 2. The zero-order valence-corrected chi connectivity index (χ0v) is 14.0. The Hall–Kier alpha value is -3.75. The van der Waals surface area contributed by atoms with Crippen LogP contribution in [-0.4, -0.2) is 37.1 Å². The average Bonchev–Trinajstić information content (AvgIpc) is 2.66. The van der Waals surface area contributed by atoms with Crippen molar-refractivity contribution in [1.82, 2.24) is 10.7 Å². The van der Waals surface area contributed by atoms with E-state index in [2.05, 4.69) is 15.8 Å². The van der Waals surface area contributed by atoms with Gasteiger partial charge < -0.3 is 20.0 Å². The van der Waals surface area contributed by atoms with Gasteiger partial charge in [0.2, 0.25) is 0 Å². The molecule has 0 fully saturated rings. The molecule has 9 heteroatoms. The summed E-state index contributed by atoms with van der Waals surface area (Å²) < 4.78 is 17.8. The molecule has 27 heavy (non-hydrogen) atoms. The Morgan fingerprint density at radius 2 is 1.81 bits per heavy atom. The number of hydrogen-bond acceptors (Lipinski definition) is 6. The van der Waals surface area contributed by atoms with Crippen molar-refractivity contribution < 1.29 is 28.6 Å². The first-order valence-electron chi connectivity index (χ1n) is 7.73. The van der Waals surface area contributed by atoms with Crippen molar-refractivity contribution in [3.05, 3.63) is 65.5 Å². The van der Waals surface area contributed by atoms with Crippen LogP contribution in [0.1, 0.15) is 15.9 Å². The molecule has 2 N–H and O–H groups in total. The number of ether oxygens (including phenoxy) is 1. The van der Waals surface area contributed by atoms with Crippen molar-refractivity contribution in [2.45, 2.75) is 0 Å². The fraction of sp³-hybridized carbons (Fsp3) is 0.111. The largest absolute Gasteiger partial charge is 0.546 e. The molecule has 0 radical (unpaired) electrons. The molecule has 0 saturated carbocycles. The summed E-state index contributed by atoms with van der Waals surface area (Å²) in [5.41, 5.74) is 2.86. The summed E-state index contributed by atoms with van der Waals surface area (Å²) in [6, 6.07) is 11.3. The van der Waals surface area contributed by atoms with Gasteiger partial charge in [-0.15, -0.1) is 0 Å². The minimum absolute atomic E-state index is 0.215. The van der Waals surface area contributed by atoms with Crippen molar-refractivity contribution in [3.8, 4) is 5.75 Å². The molecule has 0 bridgehead atoms. The monoisotopic (exact) mass is 372 g/mol. The van der Waals surface area contributed by atoms with Crippen molar-refractivity contribution >= 4 is 24.0 Å². The summed E-state index contributed by atoms with van der Waals surface area (Å²) in [4.78, 5) is 34.0. The summed E-state index contributed by atoms with van der Waals surface area (Å²) in [6.45, 7) is -0.955. The van der Waals surface area contributed by atoms with Crippen LogP contribution >= 0.6 is 0 Å². The van der Waals surface area contributed by atoms with Gasteiger partial charge in [0.1, 0.15) is 18.2 Å². The molecule has 0 aliphatic carbocycles. The van der Waals surface area contributed by atoms with Crippen LogP contribution in [0.2, 0.25) is 0 Å². The van der Waals surface area contributed by atoms with E-state index in [1.165, 1.54) is 24.4 Å². The Bertz CT molecular complexity index is 852. The lowest BCUT2D eigenvalue weighted by Crippen LogP contribution is -2.34. The van der Waals surface area contributed by atoms with Gasteiger partial charge in [0.05, 0.1) is 18.7 Å². The molecular weight excluding hydrogens is 357 g/mol. The Morgan fingerprint density at radius 3 is 2.52 bits per heavy atom. The Balaban J connectivity index is 1.84. The Morgan fingerprint density at radius 1 is 1.11 bits per heavy atom. The third kappa shape index (κ3) is 6.58. The molecule has 0 aliphatic rings. The molecule has 0 saturated heterocycles. The van der Waals surface area contributed by atoms with Gasteiger partial charge in [-0.3, -0.25) is 9.59 Å². The van der Waals surface area contributed by atoms with Gasteiger partial charge in [-0.1, -0.05) is 12.1 Å². The number of nitrogens with zero attached hydrogens (tertiary/aromatic N) is 1. The van der Waals surface area contributed by atoms with Crippen molar-refractivity contribution in [3.63, 3.8) is 0 Å². The number of carbonyl (C=O) groups excluding carboxylic acids is 3. The normalized spacial score (nSPS) is 10.4. The first-order chi connectivity index (χ1) is 13.0. The SMILES string of the molecule is O=C([O-])COc1ccccc1/C=N\NC(=O)CNC(=O)c1ccc(F)cc1. The highest BCUT2D eigenvalue weighted by atomic mass is 19.1. The third-order valence-corrected chi connectivity index (χ3v) is 3.17. The molecule has 2 aromatic rings. The summed E-state index contributed by atoms with van der Waals surface area (Å²) in [6.07, 6.45) is 1.27. The molecule has 0 aliphatic heterocycles. The maximum absolute atomic E-state index is 12.8. The van der Waals surface area contributed by atoms with Crippen LogP contribution in [0, 0.1) is 5.82 Å². The number of para-hydroxylation sites is 1. The molecule has 0 spiro atoms. The molecular formula is C18H15FN3O5-. The lowest BCUT2D eigenvalue weighted by Gasteiger charge is -2.09. The molecule has 0 unspecified atom stereocenters. The van der Waals surface area contributed by atoms with Gasteiger partial charge in [0, 0.05) is 11.1 Å². The number of carbonyl (C=O) groups is 3. The fourth-order valence-electron chi connectivity index (χ4n) is 1.93. The molecule has 2 aromatic carbocycles.